The molecule has 0 saturated heterocycles. The zero-order chi connectivity index (χ0) is 13.1. The van der Waals surface area contributed by atoms with Crippen LogP contribution in [0.4, 0.5) is 11.6 Å². The molecule has 0 bridgehead atoms. The number of carbonyl (C=O) groups is 1. The van der Waals surface area contributed by atoms with Gasteiger partial charge in [-0.2, -0.15) is 0 Å². The number of nitrogens with one attached hydrogen (secondary N) is 2. The Labute approximate surface area is 108 Å². The Morgan fingerprint density at radius 3 is 2.83 bits per heavy atom. The van der Waals surface area contributed by atoms with E-state index in [1.807, 2.05) is 0 Å². The number of carbonyl (C=O) groups excluding carboxylic acids is 1. The molecule has 6 nitrogen and oxygen atoms in total. The minimum Gasteiger partial charge on any atom is -0.338 e. The summed E-state index contributed by atoms with van der Waals surface area (Å²) in [6.07, 6.45) is 0. The lowest BCUT2D eigenvalue weighted by molar-refractivity contribution is 0.102. The summed E-state index contributed by atoms with van der Waals surface area (Å²) in [5.41, 5.74) is 3.89. The van der Waals surface area contributed by atoms with Crippen molar-refractivity contribution in [3.05, 3.63) is 40.5 Å². The highest BCUT2D eigenvalue weighted by Crippen LogP contribution is 2.21. The molecule has 0 atom stereocenters. The van der Waals surface area contributed by atoms with E-state index in [1.165, 1.54) is 6.07 Å². The maximum absolute atomic E-state index is 12.0. The maximum Gasteiger partial charge on any atom is 0.260 e. The van der Waals surface area contributed by atoms with Crippen molar-refractivity contribution in [3.8, 4) is 0 Å². The van der Waals surface area contributed by atoms with Crippen molar-refractivity contribution in [2.24, 2.45) is 5.84 Å². The first kappa shape index (κ1) is 12.4. The third kappa shape index (κ3) is 2.61. The topological polar surface area (TPSA) is 93.2 Å². The van der Waals surface area contributed by atoms with Gasteiger partial charge in [0.2, 0.25) is 5.88 Å². The second kappa shape index (κ2) is 5.07. The number of hydrogen-bond acceptors (Lipinski definition) is 5. The van der Waals surface area contributed by atoms with Crippen molar-refractivity contribution >= 4 is 29.1 Å². The SMILES string of the molecule is Cc1cc(NC(=O)c2cc(Cl)ccc2NN)on1. The summed E-state index contributed by atoms with van der Waals surface area (Å²) in [7, 11) is 0. The van der Waals surface area contributed by atoms with E-state index in [4.69, 9.17) is 22.0 Å². The van der Waals surface area contributed by atoms with Crippen molar-refractivity contribution in [3.63, 3.8) is 0 Å². The Hall–Kier alpha value is -2.05. The quantitative estimate of drug-likeness (QED) is 0.585. The van der Waals surface area contributed by atoms with E-state index in [1.54, 1.807) is 25.1 Å². The standard InChI is InChI=1S/C11H11ClN4O2/c1-6-4-10(18-16-6)14-11(17)8-5-7(12)2-3-9(8)15-13/h2-5,15H,13H2,1H3,(H,14,17). The van der Waals surface area contributed by atoms with Gasteiger partial charge in [0.25, 0.3) is 5.91 Å². The normalized spacial score (nSPS) is 10.2. The zero-order valence-electron chi connectivity index (χ0n) is 9.53. The fourth-order valence-electron chi connectivity index (χ4n) is 1.43. The Kier molecular flexibility index (Phi) is 3.50. The van der Waals surface area contributed by atoms with E-state index in [0.29, 0.717) is 22.0 Å². The van der Waals surface area contributed by atoms with E-state index in [9.17, 15) is 4.79 Å². The van der Waals surface area contributed by atoms with Crippen LogP contribution < -0.4 is 16.6 Å². The molecule has 1 aromatic heterocycles. The van der Waals surface area contributed by atoms with Crippen LogP contribution in [0.2, 0.25) is 5.02 Å². The number of benzene rings is 1. The molecule has 0 saturated carbocycles. The largest absolute Gasteiger partial charge is 0.338 e. The smallest absolute Gasteiger partial charge is 0.260 e. The Morgan fingerprint density at radius 2 is 2.22 bits per heavy atom. The van der Waals surface area contributed by atoms with E-state index in [0.717, 1.165) is 0 Å². The first-order valence-corrected chi connectivity index (χ1v) is 5.49. The van der Waals surface area contributed by atoms with Gasteiger partial charge < -0.3 is 9.95 Å². The highest BCUT2D eigenvalue weighted by molar-refractivity contribution is 6.31. The molecule has 4 N–H and O–H groups in total. The molecule has 0 aliphatic heterocycles. The molecule has 0 radical (unpaired) electrons. The monoisotopic (exact) mass is 266 g/mol. The summed E-state index contributed by atoms with van der Waals surface area (Å²) in [5, 5.41) is 6.66. The van der Waals surface area contributed by atoms with Gasteiger partial charge in [0.15, 0.2) is 0 Å². The van der Waals surface area contributed by atoms with Crippen molar-refractivity contribution in [2.45, 2.75) is 6.92 Å². The van der Waals surface area contributed by atoms with E-state index >= 15 is 0 Å². The first-order valence-electron chi connectivity index (χ1n) is 5.11. The number of nitrogens with zero attached hydrogens (tertiary/aromatic N) is 1. The lowest BCUT2D eigenvalue weighted by Gasteiger charge is -2.08. The van der Waals surface area contributed by atoms with Crippen molar-refractivity contribution in [1.29, 1.82) is 0 Å². The molecule has 1 heterocycles. The average Bonchev–Trinajstić information content (AvgIpc) is 2.74. The minimum atomic E-state index is -0.387. The van der Waals surface area contributed by atoms with Crippen molar-refractivity contribution in [1.82, 2.24) is 5.16 Å². The number of amides is 1. The summed E-state index contributed by atoms with van der Waals surface area (Å²) >= 11 is 5.84. The molecule has 94 valence electrons. The minimum absolute atomic E-state index is 0.264. The van der Waals surface area contributed by atoms with Gasteiger partial charge in [-0.05, 0) is 25.1 Å². The molecule has 2 rings (SSSR count). The second-order valence-electron chi connectivity index (χ2n) is 3.62. The predicted molar refractivity (Wildman–Crippen MR) is 68.5 cm³/mol. The fourth-order valence-corrected chi connectivity index (χ4v) is 1.60. The lowest BCUT2D eigenvalue weighted by atomic mass is 10.1. The number of aryl methyl sites for hydroxylation is 1. The molecule has 1 amide bonds. The number of nitrogen functional groups attached to an aromatic ring is 1. The summed E-state index contributed by atoms with van der Waals surface area (Å²) in [5.74, 6) is 5.20. The van der Waals surface area contributed by atoms with Crippen molar-refractivity contribution in [2.75, 3.05) is 10.7 Å². The van der Waals surface area contributed by atoms with Crippen LogP contribution in [0, 0.1) is 6.92 Å². The third-order valence-electron chi connectivity index (χ3n) is 2.25. The first-order chi connectivity index (χ1) is 8.60. The van der Waals surface area contributed by atoms with E-state index in [2.05, 4.69) is 15.9 Å². The summed E-state index contributed by atoms with van der Waals surface area (Å²) < 4.78 is 4.89. The molecule has 2 aromatic rings. The van der Waals surface area contributed by atoms with Crippen LogP contribution in [0.3, 0.4) is 0 Å². The molecule has 7 heteroatoms. The van der Waals surface area contributed by atoms with Gasteiger partial charge in [0.1, 0.15) is 0 Å². The molecule has 0 unspecified atom stereocenters. The van der Waals surface area contributed by atoms with Gasteiger partial charge in [0, 0.05) is 11.1 Å². The number of aromatic nitrogens is 1. The van der Waals surface area contributed by atoms with Gasteiger partial charge in [-0.15, -0.1) is 0 Å². The molecule has 18 heavy (non-hydrogen) atoms. The van der Waals surface area contributed by atoms with Crippen LogP contribution in [0.1, 0.15) is 16.1 Å². The van der Waals surface area contributed by atoms with Gasteiger partial charge >= 0.3 is 0 Å². The lowest BCUT2D eigenvalue weighted by Crippen LogP contribution is -2.17. The van der Waals surface area contributed by atoms with Crippen molar-refractivity contribution < 1.29 is 9.32 Å². The summed E-state index contributed by atoms with van der Waals surface area (Å²) in [4.78, 5) is 12.0. The van der Waals surface area contributed by atoms with Crippen LogP contribution in [0.15, 0.2) is 28.8 Å². The predicted octanol–water partition coefficient (Wildman–Crippen LogP) is 2.17. The van der Waals surface area contributed by atoms with Gasteiger partial charge in [0.05, 0.1) is 16.9 Å². The van der Waals surface area contributed by atoms with Crippen LogP contribution in [0.25, 0.3) is 0 Å². The van der Waals surface area contributed by atoms with Crippen LogP contribution >= 0.6 is 11.6 Å². The number of hydrogen-bond donors (Lipinski definition) is 3. The van der Waals surface area contributed by atoms with Crippen LogP contribution in [-0.2, 0) is 0 Å². The molecular formula is C11H11ClN4O2. The number of anilines is 2. The third-order valence-corrected chi connectivity index (χ3v) is 2.48. The molecule has 0 aliphatic carbocycles. The number of rotatable bonds is 3. The average molecular weight is 267 g/mol. The molecular weight excluding hydrogens is 256 g/mol. The Bertz CT molecular complexity index is 582. The van der Waals surface area contributed by atoms with Gasteiger partial charge in [-0.1, -0.05) is 16.8 Å². The molecule has 0 aliphatic rings. The highest BCUT2D eigenvalue weighted by Gasteiger charge is 2.13. The number of halogens is 1. The Morgan fingerprint density at radius 1 is 1.44 bits per heavy atom. The van der Waals surface area contributed by atoms with Crippen LogP contribution in [0.5, 0.6) is 0 Å². The molecule has 0 fully saturated rings. The fraction of sp³-hybridized carbons (Fsp3) is 0.0909. The molecule has 1 aromatic carbocycles. The number of hydrazine groups is 1. The Balaban J connectivity index is 2.25. The van der Waals surface area contributed by atoms with Gasteiger partial charge in [-0.3, -0.25) is 16.0 Å². The summed E-state index contributed by atoms with van der Waals surface area (Å²) in [6, 6.07) is 6.36. The van der Waals surface area contributed by atoms with E-state index < -0.39 is 0 Å². The zero-order valence-corrected chi connectivity index (χ0v) is 10.3. The van der Waals surface area contributed by atoms with Gasteiger partial charge in [-0.25, -0.2) is 0 Å². The van der Waals surface area contributed by atoms with Crippen LogP contribution in [-0.4, -0.2) is 11.1 Å². The van der Waals surface area contributed by atoms with E-state index in [-0.39, 0.29) is 11.8 Å². The second-order valence-corrected chi connectivity index (χ2v) is 4.06. The highest BCUT2D eigenvalue weighted by atomic mass is 35.5. The summed E-state index contributed by atoms with van der Waals surface area (Å²) in [6.45, 7) is 1.76. The molecule has 0 spiro atoms. The number of nitrogens with two attached hydrogens (primary N) is 1. The maximum atomic E-state index is 12.0.